The molecular formula is C15H20N2O2S. The van der Waals surface area contributed by atoms with Crippen molar-refractivity contribution < 1.29 is 9.90 Å². The number of thiocarbonyl (C=S) groups is 1. The quantitative estimate of drug-likeness (QED) is 0.677. The third-order valence-electron chi connectivity index (χ3n) is 3.04. The number of nitrogens with one attached hydrogen (secondary N) is 2. The van der Waals surface area contributed by atoms with Gasteiger partial charge in [0.1, 0.15) is 0 Å². The van der Waals surface area contributed by atoms with E-state index in [9.17, 15) is 4.79 Å². The third kappa shape index (κ3) is 3.88. The molecule has 0 amide bonds. The van der Waals surface area contributed by atoms with Crippen molar-refractivity contribution in [3.63, 3.8) is 0 Å². The van der Waals surface area contributed by atoms with Gasteiger partial charge in [0.2, 0.25) is 0 Å². The Kier molecular flexibility index (Phi) is 6.35. The monoisotopic (exact) mass is 292 g/mol. The van der Waals surface area contributed by atoms with Crippen LogP contribution in [-0.4, -0.2) is 29.2 Å². The summed E-state index contributed by atoms with van der Waals surface area (Å²) in [5.74, 6) is 0.0677. The highest BCUT2D eigenvalue weighted by atomic mass is 32.1. The number of Topliss-reactive ketones (excluding diaryl/α,β-unsaturated/α-hetero) is 1. The number of carbonyl (C=O) groups is 1. The van der Waals surface area contributed by atoms with Crippen molar-refractivity contribution in [2.45, 2.75) is 26.3 Å². The summed E-state index contributed by atoms with van der Waals surface area (Å²) in [6, 6.07) is -0.122. The van der Waals surface area contributed by atoms with Gasteiger partial charge in [-0.15, -0.1) is 0 Å². The average Bonchev–Trinajstić information content (AvgIpc) is 2.68. The summed E-state index contributed by atoms with van der Waals surface area (Å²) in [4.78, 5) is 11.8. The molecule has 5 heteroatoms. The number of ketones is 1. The Morgan fingerprint density at radius 3 is 2.70 bits per heavy atom. The molecule has 1 atom stereocenters. The number of carbonyl (C=O) groups excluding carboxylic acids is 1. The fraction of sp³-hybridized carbons (Fsp3) is 0.333. The van der Waals surface area contributed by atoms with Gasteiger partial charge in [-0.2, -0.15) is 0 Å². The van der Waals surface area contributed by atoms with Crippen LogP contribution in [0.2, 0.25) is 0 Å². The minimum atomic E-state index is -0.122. The average molecular weight is 292 g/mol. The molecule has 3 N–H and O–H groups in total. The Morgan fingerprint density at radius 1 is 1.35 bits per heavy atom. The van der Waals surface area contributed by atoms with Crippen LogP contribution in [0.25, 0.3) is 0 Å². The van der Waals surface area contributed by atoms with Gasteiger partial charge >= 0.3 is 0 Å². The standard InChI is InChI=1S/C14H16N2OS.CH4O/c1-9-12(10(2)17)13(16-14(18)15-9)11-7-5-3-4-6-8-11;1-2/h3-7,13H,8H2,1-2H3,(H2,15,16,18);2H,1H3. The van der Waals surface area contributed by atoms with Crippen LogP contribution in [0.5, 0.6) is 0 Å². The lowest BCUT2D eigenvalue weighted by atomic mass is 9.91. The smallest absolute Gasteiger partial charge is 0.171 e. The normalized spacial score (nSPS) is 21.1. The van der Waals surface area contributed by atoms with Crippen LogP contribution in [0.4, 0.5) is 0 Å². The zero-order chi connectivity index (χ0) is 15.1. The van der Waals surface area contributed by atoms with E-state index in [2.05, 4.69) is 16.7 Å². The minimum Gasteiger partial charge on any atom is -0.400 e. The molecule has 1 aliphatic heterocycles. The topological polar surface area (TPSA) is 61.4 Å². The summed E-state index contributed by atoms with van der Waals surface area (Å²) in [5.41, 5.74) is 2.75. The van der Waals surface area contributed by atoms with Crippen LogP contribution in [-0.2, 0) is 4.79 Å². The van der Waals surface area contributed by atoms with E-state index in [4.69, 9.17) is 17.3 Å². The molecule has 0 aromatic heterocycles. The molecule has 0 spiro atoms. The number of hydrogen-bond acceptors (Lipinski definition) is 3. The molecule has 108 valence electrons. The molecule has 0 bridgehead atoms. The molecule has 1 unspecified atom stereocenters. The van der Waals surface area contributed by atoms with Crippen molar-refractivity contribution >= 4 is 23.1 Å². The Labute approximate surface area is 124 Å². The maximum atomic E-state index is 11.8. The summed E-state index contributed by atoms with van der Waals surface area (Å²) in [7, 11) is 1.00. The van der Waals surface area contributed by atoms with Crippen LogP contribution in [0.3, 0.4) is 0 Å². The predicted molar refractivity (Wildman–Crippen MR) is 85.2 cm³/mol. The molecule has 4 nitrogen and oxygen atoms in total. The molecule has 2 aliphatic rings. The number of rotatable bonds is 2. The second-order valence-electron chi connectivity index (χ2n) is 4.39. The maximum Gasteiger partial charge on any atom is 0.171 e. The van der Waals surface area contributed by atoms with Gasteiger partial charge in [0.25, 0.3) is 0 Å². The summed E-state index contributed by atoms with van der Waals surface area (Å²) in [6.07, 6.45) is 10.9. The van der Waals surface area contributed by atoms with Crippen molar-refractivity contribution in [3.05, 3.63) is 47.2 Å². The van der Waals surface area contributed by atoms with Crippen molar-refractivity contribution in [1.29, 1.82) is 0 Å². The fourth-order valence-corrected chi connectivity index (χ4v) is 2.52. The zero-order valence-electron chi connectivity index (χ0n) is 11.9. The van der Waals surface area contributed by atoms with Crippen molar-refractivity contribution in [3.8, 4) is 0 Å². The van der Waals surface area contributed by atoms with Gasteiger partial charge in [0, 0.05) is 18.4 Å². The lowest BCUT2D eigenvalue weighted by Crippen LogP contribution is -2.50. The van der Waals surface area contributed by atoms with Gasteiger partial charge in [0.05, 0.1) is 6.04 Å². The number of allylic oxidation sites excluding steroid dienone is 6. The molecular weight excluding hydrogens is 272 g/mol. The van der Waals surface area contributed by atoms with Crippen LogP contribution in [0.1, 0.15) is 20.3 Å². The Balaban J connectivity index is 0.000000956. The summed E-state index contributed by atoms with van der Waals surface area (Å²) in [6.45, 7) is 3.48. The van der Waals surface area contributed by atoms with Gasteiger partial charge in [0.15, 0.2) is 10.9 Å². The van der Waals surface area contributed by atoms with Crippen LogP contribution >= 0.6 is 12.2 Å². The van der Waals surface area contributed by atoms with Crippen molar-refractivity contribution in [2.24, 2.45) is 0 Å². The second kappa shape index (κ2) is 7.77. The molecule has 0 aromatic rings. The molecule has 0 fully saturated rings. The SMILES string of the molecule is CC(=O)C1=C(C)NC(=S)NC1C1=CC=CC=CC1.CO. The Morgan fingerprint density at radius 2 is 2.05 bits per heavy atom. The Hall–Kier alpha value is -1.72. The van der Waals surface area contributed by atoms with Crippen molar-refractivity contribution in [2.75, 3.05) is 7.11 Å². The highest BCUT2D eigenvalue weighted by molar-refractivity contribution is 7.80. The van der Waals surface area contributed by atoms with Gasteiger partial charge < -0.3 is 15.7 Å². The molecule has 0 saturated heterocycles. The first kappa shape index (κ1) is 16.3. The number of aliphatic hydroxyl groups excluding tert-OH is 1. The summed E-state index contributed by atoms with van der Waals surface area (Å²) < 4.78 is 0. The lowest BCUT2D eigenvalue weighted by Gasteiger charge is -2.31. The van der Waals surface area contributed by atoms with E-state index in [1.54, 1.807) is 6.92 Å². The molecule has 0 radical (unpaired) electrons. The number of hydrogen-bond donors (Lipinski definition) is 3. The fourth-order valence-electron chi connectivity index (χ4n) is 2.25. The molecule has 2 rings (SSSR count). The van der Waals surface area contributed by atoms with Crippen LogP contribution < -0.4 is 10.6 Å². The highest BCUT2D eigenvalue weighted by Gasteiger charge is 2.28. The van der Waals surface area contributed by atoms with Crippen molar-refractivity contribution in [1.82, 2.24) is 10.6 Å². The Bertz CT molecular complexity index is 516. The minimum absolute atomic E-state index is 0.0677. The summed E-state index contributed by atoms with van der Waals surface area (Å²) in [5, 5.41) is 13.8. The van der Waals surface area contributed by atoms with E-state index in [1.807, 2.05) is 31.2 Å². The molecule has 0 saturated carbocycles. The van der Waals surface area contributed by atoms with Gasteiger partial charge in [-0.3, -0.25) is 4.79 Å². The third-order valence-corrected chi connectivity index (χ3v) is 3.26. The highest BCUT2D eigenvalue weighted by Crippen LogP contribution is 2.23. The maximum absolute atomic E-state index is 11.8. The van der Waals surface area contributed by atoms with E-state index in [1.165, 1.54) is 0 Å². The van der Waals surface area contributed by atoms with Gasteiger partial charge in [-0.05, 0) is 38.1 Å². The van der Waals surface area contributed by atoms with E-state index < -0.39 is 0 Å². The first-order valence-corrected chi connectivity index (χ1v) is 6.76. The van der Waals surface area contributed by atoms with E-state index in [0.29, 0.717) is 5.11 Å². The predicted octanol–water partition coefficient (Wildman–Crippen LogP) is 1.75. The first-order chi connectivity index (χ1) is 9.59. The van der Waals surface area contributed by atoms with E-state index in [-0.39, 0.29) is 11.8 Å². The molecule has 20 heavy (non-hydrogen) atoms. The van der Waals surface area contributed by atoms with E-state index in [0.717, 1.165) is 30.4 Å². The van der Waals surface area contributed by atoms with Crippen LogP contribution in [0, 0.1) is 0 Å². The first-order valence-electron chi connectivity index (χ1n) is 6.36. The van der Waals surface area contributed by atoms with Gasteiger partial charge in [-0.1, -0.05) is 30.4 Å². The number of aliphatic hydroxyl groups is 1. The lowest BCUT2D eigenvalue weighted by molar-refractivity contribution is -0.113. The summed E-state index contributed by atoms with van der Waals surface area (Å²) >= 11 is 5.17. The second-order valence-corrected chi connectivity index (χ2v) is 4.79. The van der Waals surface area contributed by atoms with E-state index >= 15 is 0 Å². The van der Waals surface area contributed by atoms with Crippen LogP contribution in [0.15, 0.2) is 47.2 Å². The van der Waals surface area contributed by atoms with Gasteiger partial charge in [-0.25, -0.2) is 0 Å². The largest absolute Gasteiger partial charge is 0.400 e. The molecule has 1 heterocycles. The zero-order valence-corrected chi connectivity index (χ0v) is 12.8. The molecule has 1 aliphatic carbocycles. The molecule has 0 aromatic carbocycles.